The normalized spacial score (nSPS) is 15.9. The summed E-state index contributed by atoms with van der Waals surface area (Å²) in [6.07, 6.45) is 3.00. The van der Waals surface area contributed by atoms with Crippen molar-refractivity contribution in [3.05, 3.63) is 48.2 Å². The van der Waals surface area contributed by atoms with E-state index in [1.165, 1.54) is 0 Å². The predicted octanol–water partition coefficient (Wildman–Crippen LogP) is 4.78. The van der Waals surface area contributed by atoms with Crippen LogP contribution in [0, 0.1) is 11.3 Å². The molecule has 43 heavy (non-hydrogen) atoms. The first-order valence-electron chi connectivity index (χ1n) is 14.4. The van der Waals surface area contributed by atoms with Crippen LogP contribution in [0.1, 0.15) is 39.2 Å². The standard InChI is InChI=1S/C31H37N7O5/c1-31(2,3)43-30(39)38-15-13-37(14-16-38)25-6-8-27(35-28(25)40-4)36-29-33-12-9-24(34-29)21-5-7-26(22(19-21)20-32)42-23-10-17-41-18-11-23/h5-9,12,19,23H,10-11,13-18H2,1-4H3,(H,33,34,35,36). The van der Waals surface area contributed by atoms with Crippen molar-refractivity contribution >= 4 is 23.5 Å². The van der Waals surface area contributed by atoms with Gasteiger partial charge >= 0.3 is 6.09 Å². The van der Waals surface area contributed by atoms with Gasteiger partial charge in [-0.15, -0.1) is 0 Å². The number of rotatable bonds is 7. The Morgan fingerprint density at radius 3 is 2.53 bits per heavy atom. The summed E-state index contributed by atoms with van der Waals surface area (Å²) in [5.74, 6) is 1.88. The minimum Gasteiger partial charge on any atom is -0.489 e. The Morgan fingerprint density at radius 1 is 1.07 bits per heavy atom. The summed E-state index contributed by atoms with van der Waals surface area (Å²) in [5, 5.41) is 12.9. The second-order valence-corrected chi connectivity index (χ2v) is 11.3. The summed E-state index contributed by atoms with van der Waals surface area (Å²) in [6, 6.07) is 13.3. The van der Waals surface area contributed by atoms with Crippen LogP contribution in [-0.2, 0) is 9.47 Å². The maximum atomic E-state index is 12.4. The van der Waals surface area contributed by atoms with Crippen LogP contribution in [0.3, 0.4) is 0 Å². The van der Waals surface area contributed by atoms with Gasteiger partial charge in [-0.1, -0.05) is 0 Å². The average molecular weight is 588 g/mol. The Bertz CT molecular complexity index is 1470. The molecule has 0 unspecified atom stereocenters. The zero-order chi connectivity index (χ0) is 30.4. The molecule has 2 aliphatic rings. The van der Waals surface area contributed by atoms with Crippen LogP contribution >= 0.6 is 0 Å². The van der Waals surface area contributed by atoms with Crippen LogP contribution in [0.5, 0.6) is 11.6 Å². The molecule has 226 valence electrons. The minimum atomic E-state index is -0.531. The van der Waals surface area contributed by atoms with Gasteiger partial charge < -0.3 is 34.1 Å². The predicted molar refractivity (Wildman–Crippen MR) is 161 cm³/mol. The smallest absolute Gasteiger partial charge is 0.410 e. The molecule has 1 amide bonds. The molecular weight excluding hydrogens is 550 g/mol. The monoisotopic (exact) mass is 587 g/mol. The number of amides is 1. The fourth-order valence-electron chi connectivity index (χ4n) is 4.90. The average Bonchev–Trinajstić information content (AvgIpc) is 3.01. The second kappa shape index (κ2) is 13.1. The van der Waals surface area contributed by atoms with E-state index in [1.807, 2.05) is 45.0 Å². The lowest BCUT2D eigenvalue weighted by atomic mass is 10.1. The number of hydrogen-bond acceptors (Lipinski definition) is 11. The number of nitrogens with one attached hydrogen (secondary N) is 1. The third-order valence-electron chi connectivity index (χ3n) is 7.06. The van der Waals surface area contributed by atoms with E-state index < -0.39 is 5.60 Å². The highest BCUT2D eigenvalue weighted by Crippen LogP contribution is 2.31. The number of aromatic nitrogens is 3. The lowest BCUT2D eigenvalue weighted by Crippen LogP contribution is -2.50. The van der Waals surface area contributed by atoms with Crippen LogP contribution < -0.4 is 19.7 Å². The van der Waals surface area contributed by atoms with Crippen molar-refractivity contribution < 1.29 is 23.7 Å². The van der Waals surface area contributed by atoms with Gasteiger partial charge in [-0.2, -0.15) is 10.2 Å². The molecule has 0 radical (unpaired) electrons. The zero-order valence-corrected chi connectivity index (χ0v) is 25.0. The minimum absolute atomic E-state index is 0.0410. The highest BCUT2D eigenvalue weighted by atomic mass is 16.6. The number of pyridine rings is 1. The third kappa shape index (κ3) is 7.61. The number of carbonyl (C=O) groups excluding carboxylic acids is 1. The molecule has 5 rings (SSSR count). The molecule has 4 heterocycles. The number of nitriles is 1. The molecule has 1 N–H and O–H groups in total. The quantitative estimate of drug-likeness (QED) is 0.409. The lowest BCUT2D eigenvalue weighted by Gasteiger charge is -2.37. The molecule has 0 aliphatic carbocycles. The van der Waals surface area contributed by atoms with E-state index in [0.29, 0.717) is 74.0 Å². The number of anilines is 3. The summed E-state index contributed by atoms with van der Waals surface area (Å²) in [5.41, 5.74) is 2.17. The number of methoxy groups -OCH3 is 1. The van der Waals surface area contributed by atoms with E-state index in [1.54, 1.807) is 30.3 Å². The van der Waals surface area contributed by atoms with Crippen molar-refractivity contribution in [3.8, 4) is 29.0 Å². The van der Waals surface area contributed by atoms with Crippen molar-refractivity contribution in [1.29, 1.82) is 5.26 Å². The van der Waals surface area contributed by atoms with Crippen molar-refractivity contribution in [2.75, 3.05) is 56.7 Å². The number of hydrogen-bond donors (Lipinski definition) is 1. The van der Waals surface area contributed by atoms with Crippen molar-refractivity contribution in [1.82, 2.24) is 19.9 Å². The third-order valence-corrected chi connectivity index (χ3v) is 7.06. The summed E-state index contributed by atoms with van der Waals surface area (Å²) < 4.78 is 22.6. The molecule has 12 nitrogen and oxygen atoms in total. The number of ether oxygens (including phenoxy) is 4. The molecule has 3 aromatic rings. The van der Waals surface area contributed by atoms with Crippen LogP contribution in [-0.4, -0.2) is 84.2 Å². The van der Waals surface area contributed by atoms with Gasteiger partial charge in [0.2, 0.25) is 11.8 Å². The van der Waals surface area contributed by atoms with Gasteiger partial charge in [0.1, 0.15) is 35.0 Å². The molecule has 0 saturated carbocycles. The maximum absolute atomic E-state index is 12.4. The highest BCUT2D eigenvalue weighted by molar-refractivity contribution is 5.69. The van der Waals surface area contributed by atoms with E-state index in [2.05, 4.69) is 31.2 Å². The largest absolute Gasteiger partial charge is 0.489 e. The van der Waals surface area contributed by atoms with E-state index in [0.717, 1.165) is 24.1 Å². The summed E-state index contributed by atoms with van der Waals surface area (Å²) in [7, 11) is 1.58. The number of benzene rings is 1. The van der Waals surface area contributed by atoms with Gasteiger partial charge in [0.05, 0.1) is 31.6 Å². The molecule has 0 atom stereocenters. The van der Waals surface area contributed by atoms with Gasteiger partial charge in [-0.3, -0.25) is 0 Å². The molecular formula is C31H37N7O5. The van der Waals surface area contributed by atoms with Crippen molar-refractivity contribution in [2.24, 2.45) is 0 Å². The first-order valence-corrected chi connectivity index (χ1v) is 14.4. The maximum Gasteiger partial charge on any atom is 0.410 e. The molecule has 1 aromatic carbocycles. The first kappa shape index (κ1) is 29.8. The Balaban J connectivity index is 1.25. The zero-order valence-electron chi connectivity index (χ0n) is 25.0. The first-order chi connectivity index (χ1) is 20.7. The molecule has 0 bridgehead atoms. The number of carbonyl (C=O) groups is 1. The topological polar surface area (TPSA) is 135 Å². The van der Waals surface area contributed by atoms with E-state index in [-0.39, 0.29) is 12.2 Å². The molecule has 0 spiro atoms. The molecule has 2 aromatic heterocycles. The number of piperazine rings is 1. The second-order valence-electron chi connectivity index (χ2n) is 11.3. The van der Waals surface area contributed by atoms with E-state index >= 15 is 0 Å². The number of nitrogens with zero attached hydrogens (tertiary/aromatic N) is 6. The van der Waals surface area contributed by atoms with Gasteiger partial charge in [-0.05, 0) is 57.2 Å². The van der Waals surface area contributed by atoms with Crippen LogP contribution in [0.25, 0.3) is 11.3 Å². The summed E-state index contributed by atoms with van der Waals surface area (Å²) in [6.45, 7) is 9.24. The van der Waals surface area contributed by atoms with Crippen molar-refractivity contribution in [3.63, 3.8) is 0 Å². The molecule has 2 saturated heterocycles. The fourth-order valence-corrected chi connectivity index (χ4v) is 4.90. The SMILES string of the molecule is COc1nc(Nc2nccc(-c3ccc(OC4CCOCC4)c(C#N)c3)n2)ccc1N1CCN(C(=O)OC(C)(C)C)CC1. The summed E-state index contributed by atoms with van der Waals surface area (Å²) >= 11 is 0. The van der Waals surface area contributed by atoms with Crippen LogP contribution in [0.4, 0.5) is 22.2 Å². The van der Waals surface area contributed by atoms with Gasteiger partial charge in [-0.25, -0.2) is 14.8 Å². The Kier molecular flexibility index (Phi) is 9.11. The Hall–Kier alpha value is -4.63. The van der Waals surface area contributed by atoms with Crippen molar-refractivity contribution in [2.45, 2.75) is 45.3 Å². The van der Waals surface area contributed by atoms with Crippen LogP contribution in [0.2, 0.25) is 0 Å². The Labute approximate surface area is 251 Å². The van der Waals surface area contributed by atoms with E-state index in [4.69, 9.17) is 18.9 Å². The lowest BCUT2D eigenvalue weighted by molar-refractivity contribution is 0.0239. The molecule has 2 aliphatic heterocycles. The van der Waals surface area contributed by atoms with Crippen LogP contribution in [0.15, 0.2) is 42.6 Å². The molecule has 12 heteroatoms. The summed E-state index contributed by atoms with van der Waals surface area (Å²) in [4.78, 5) is 29.9. The Morgan fingerprint density at radius 2 is 1.84 bits per heavy atom. The van der Waals surface area contributed by atoms with Gasteiger partial charge in [0.15, 0.2) is 0 Å². The highest BCUT2D eigenvalue weighted by Gasteiger charge is 2.27. The fraction of sp³-hybridized carbons (Fsp3) is 0.452. The van der Waals surface area contributed by atoms with E-state index in [9.17, 15) is 10.1 Å². The molecule has 2 fully saturated rings. The van der Waals surface area contributed by atoms with Gasteiger partial charge in [0.25, 0.3) is 0 Å². The van der Waals surface area contributed by atoms with Gasteiger partial charge in [0, 0.05) is 50.8 Å².